The van der Waals surface area contributed by atoms with Crippen LogP contribution in [0.4, 0.5) is 4.39 Å². The van der Waals surface area contributed by atoms with Gasteiger partial charge in [-0.05, 0) is 54.7 Å². The molecule has 0 N–H and O–H groups in total. The summed E-state index contributed by atoms with van der Waals surface area (Å²) in [5, 5.41) is 0.585. The number of aromatic nitrogens is 2. The molecule has 1 aliphatic carbocycles. The number of halogens is 1. The molecule has 2 heterocycles. The molecule has 0 spiro atoms. The lowest BCUT2D eigenvalue weighted by molar-refractivity contribution is 0.392. The van der Waals surface area contributed by atoms with Crippen LogP contribution in [0.25, 0.3) is 15.9 Å². The molecule has 0 radical (unpaired) electrons. The fourth-order valence-electron chi connectivity index (χ4n) is 4.30. The average Bonchev–Trinajstić information content (AvgIpc) is 3.39. The lowest BCUT2D eigenvalue weighted by Crippen LogP contribution is -2.39. The van der Waals surface area contributed by atoms with E-state index in [1.165, 1.54) is 42.3 Å². The van der Waals surface area contributed by atoms with E-state index in [2.05, 4.69) is 0 Å². The number of aryl methyl sites for hydroxylation is 2. The Kier molecular flexibility index (Phi) is 5.09. The molecule has 0 saturated carbocycles. The monoisotopic (exact) mass is 452 g/mol. The fourth-order valence-corrected chi connectivity index (χ4v) is 5.67. The van der Waals surface area contributed by atoms with Crippen molar-refractivity contribution in [2.24, 2.45) is 0 Å². The third-order valence-electron chi connectivity index (χ3n) is 5.87. The number of methoxy groups -OCH3 is 2. The maximum absolute atomic E-state index is 13.7. The number of hydrogen-bond acceptors (Lipinski definition) is 5. The van der Waals surface area contributed by atoms with Crippen molar-refractivity contribution in [3.05, 3.63) is 85.1 Å². The Hall–Kier alpha value is -3.39. The summed E-state index contributed by atoms with van der Waals surface area (Å²) < 4.78 is 26.9. The van der Waals surface area contributed by atoms with Gasteiger partial charge in [0.1, 0.15) is 22.1 Å². The zero-order valence-corrected chi connectivity index (χ0v) is 18.5. The van der Waals surface area contributed by atoms with Crippen LogP contribution < -0.4 is 20.7 Å². The number of nitrogens with zero attached hydrogens (tertiary/aromatic N) is 2. The molecule has 0 bridgehead atoms. The third-order valence-corrected chi connectivity index (χ3v) is 7.18. The molecule has 0 saturated heterocycles. The van der Waals surface area contributed by atoms with Crippen molar-refractivity contribution in [2.45, 2.75) is 25.8 Å². The molecule has 1 aliphatic rings. The van der Waals surface area contributed by atoms with Crippen LogP contribution in [0.3, 0.4) is 0 Å². The van der Waals surface area contributed by atoms with Gasteiger partial charge in [-0.15, -0.1) is 11.3 Å². The van der Waals surface area contributed by atoms with Gasteiger partial charge >= 0.3 is 5.69 Å². The van der Waals surface area contributed by atoms with E-state index in [4.69, 9.17) is 9.47 Å². The molecule has 5 rings (SSSR count). The highest BCUT2D eigenvalue weighted by Gasteiger charge is 2.26. The van der Waals surface area contributed by atoms with E-state index in [0.29, 0.717) is 27.4 Å². The number of thiophene rings is 1. The first-order valence-electron chi connectivity index (χ1n) is 10.3. The van der Waals surface area contributed by atoms with Crippen LogP contribution in [0.15, 0.2) is 52.1 Å². The normalized spacial score (nSPS) is 12.8. The Balaban J connectivity index is 1.82. The van der Waals surface area contributed by atoms with E-state index < -0.39 is 5.69 Å². The van der Waals surface area contributed by atoms with Crippen LogP contribution >= 0.6 is 11.3 Å². The molecule has 0 unspecified atom stereocenters. The smallest absolute Gasteiger partial charge is 0.337 e. The van der Waals surface area contributed by atoms with Crippen LogP contribution in [0.1, 0.15) is 22.4 Å². The van der Waals surface area contributed by atoms with Crippen molar-refractivity contribution in [3.63, 3.8) is 0 Å². The summed E-state index contributed by atoms with van der Waals surface area (Å²) in [5.74, 6) is 0.584. The third kappa shape index (κ3) is 3.22. The minimum Gasteiger partial charge on any atom is -0.497 e. The molecule has 4 aromatic rings. The van der Waals surface area contributed by atoms with Crippen molar-refractivity contribution in [1.29, 1.82) is 0 Å². The highest BCUT2D eigenvalue weighted by Crippen LogP contribution is 2.36. The Morgan fingerprint density at radius 1 is 1.03 bits per heavy atom. The molecule has 0 atom stereocenters. The van der Waals surface area contributed by atoms with Gasteiger partial charge in [0.15, 0.2) is 0 Å². The fraction of sp³-hybridized carbons (Fsp3) is 0.250. The number of hydrogen-bond donors (Lipinski definition) is 0. The highest BCUT2D eigenvalue weighted by atomic mass is 32.1. The van der Waals surface area contributed by atoms with E-state index in [9.17, 15) is 14.0 Å². The van der Waals surface area contributed by atoms with Gasteiger partial charge in [-0.2, -0.15) is 0 Å². The maximum Gasteiger partial charge on any atom is 0.337 e. The standard InChI is InChI=1S/C24H21FN2O4S/c1-30-16-10-11-18(19(12-16)31-2)27-22(28)21-17-4-3-5-20(17)32-23(21)26(24(27)29)13-14-6-8-15(25)9-7-14/h6-12H,3-5,13H2,1-2H3. The van der Waals surface area contributed by atoms with Crippen LogP contribution in [-0.4, -0.2) is 23.4 Å². The Morgan fingerprint density at radius 3 is 2.53 bits per heavy atom. The second-order valence-corrected chi connectivity index (χ2v) is 8.79. The topological polar surface area (TPSA) is 62.5 Å². The molecule has 0 fully saturated rings. The summed E-state index contributed by atoms with van der Waals surface area (Å²) in [6.45, 7) is 0.230. The second-order valence-electron chi connectivity index (χ2n) is 7.71. The lowest BCUT2D eigenvalue weighted by atomic mass is 10.2. The first-order valence-corrected chi connectivity index (χ1v) is 11.1. The van der Waals surface area contributed by atoms with Crippen molar-refractivity contribution >= 4 is 21.6 Å². The molecule has 6 nitrogen and oxygen atoms in total. The van der Waals surface area contributed by atoms with Crippen LogP contribution in [0.2, 0.25) is 0 Å². The SMILES string of the molecule is COc1ccc(-n2c(=O)c3c4c(sc3n(Cc3ccc(F)cc3)c2=O)CCC4)c(OC)c1. The second kappa shape index (κ2) is 7.94. The number of ether oxygens (including phenoxy) is 2. The first kappa shape index (κ1) is 20.5. The van der Waals surface area contributed by atoms with Crippen molar-refractivity contribution < 1.29 is 13.9 Å². The van der Waals surface area contributed by atoms with Gasteiger partial charge in [-0.3, -0.25) is 9.36 Å². The summed E-state index contributed by atoms with van der Waals surface area (Å²) in [4.78, 5) is 29.2. The van der Waals surface area contributed by atoms with E-state index in [1.807, 2.05) is 0 Å². The van der Waals surface area contributed by atoms with Crippen molar-refractivity contribution in [3.8, 4) is 17.2 Å². The summed E-state index contributed by atoms with van der Waals surface area (Å²) in [7, 11) is 3.03. The molecule has 2 aromatic carbocycles. The van der Waals surface area contributed by atoms with E-state index in [0.717, 1.165) is 35.3 Å². The average molecular weight is 453 g/mol. The van der Waals surface area contributed by atoms with Gasteiger partial charge in [0.25, 0.3) is 5.56 Å². The maximum atomic E-state index is 13.7. The Bertz CT molecular complexity index is 1450. The van der Waals surface area contributed by atoms with Crippen molar-refractivity contribution in [2.75, 3.05) is 14.2 Å². The quantitative estimate of drug-likeness (QED) is 0.461. The van der Waals surface area contributed by atoms with E-state index >= 15 is 0 Å². The molecule has 2 aromatic heterocycles. The minimum absolute atomic E-state index is 0.230. The van der Waals surface area contributed by atoms with Gasteiger partial charge in [0, 0.05) is 10.9 Å². The molecular formula is C24H21FN2O4S. The predicted octanol–water partition coefficient (Wildman–Crippen LogP) is 3.91. The summed E-state index contributed by atoms with van der Waals surface area (Å²) >= 11 is 1.51. The Morgan fingerprint density at radius 2 is 1.81 bits per heavy atom. The zero-order chi connectivity index (χ0) is 22.4. The minimum atomic E-state index is -0.463. The Labute approximate surface area is 187 Å². The molecule has 0 aliphatic heterocycles. The molecular weight excluding hydrogens is 431 g/mol. The van der Waals surface area contributed by atoms with Gasteiger partial charge in [0.05, 0.1) is 31.8 Å². The van der Waals surface area contributed by atoms with Gasteiger partial charge in [0.2, 0.25) is 0 Å². The van der Waals surface area contributed by atoms with Gasteiger partial charge in [-0.1, -0.05) is 12.1 Å². The molecule has 8 heteroatoms. The molecule has 164 valence electrons. The van der Waals surface area contributed by atoms with E-state index in [-0.39, 0.29) is 17.9 Å². The summed E-state index contributed by atoms with van der Waals surface area (Å²) in [6.07, 6.45) is 2.73. The van der Waals surface area contributed by atoms with Crippen LogP contribution in [0, 0.1) is 5.82 Å². The number of rotatable bonds is 5. The van der Waals surface area contributed by atoms with Crippen LogP contribution in [0.5, 0.6) is 11.5 Å². The molecule has 0 amide bonds. The first-order chi connectivity index (χ1) is 15.5. The number of benzene rings is 2. The predicted molar refractivity (Wildman–Crippen MR) is 122 cm³/mol. The summed E-state index contributed by atoms with van der Waals surface area (Å²) in [5.41, 5.74) is 1.36. The highest BCUT2D eigenvalue weighted by molar-refractivity contribution is 7.18. The number of fused-ring (bicyclic) bond motifs is 3. The van der Waals surface area contributed by atoms with E-state index in [1.54, 1.807) is 34.9 Å². The van der Waals surface area contributed by atoms with Gasteiger partial charge < -0.3 is 9.47 Å². The van der Waals surface area contributed by atoms with Crippen LogP contribution in [-0.2, 0) is 19.4 Å². The zero-order valence-electron chi connectivity index (χ0n) is 17.7. The molecule has 32 heavy (non-hydrogen) atoms. The van der Waals surface area contributed by atoms with Gasteiger partial charge in [-0.25, -0.2) is 13.8 Å². The van der Waals surface area contributed by atoms with Crippen molar-refractivity contribution in [1.82, 2.24) is 9.13 Å². The lowest BCUT2D eigenvalue weighted by Gasteiger charge is -2.15. The largest absolute Gasteiger partial charge is 0.497 e. The summed E-state index contributed by atoms with van der Waals surface area (Å²) in [6, 6.07) is 11.0.